The van der Waals surface area contributed by atoms with Gasteiger partial charge in [0.1, 0.15) is 10.9 Å². The van der Waals surface area contributed by atoms with Crippen molar-refractivity contribution in [1.29, 1.82) is 0 Å². The third-order valence-corrected chi connectivity index (χ3v) is 7.63. The second-order valence-electron chi connectivity index (χ2n) is 9.46. The number of carbonyl (C=O) groups excluding carboxylic acids is 1. The molecule has 34 heavy (non-hydrogen) atoms. The number of nitrogens with one attached hydrogen (secondary N) is 2. The van der Waals surface area contributed by atoms with Crippen molar-refractivity contribution in [2.24, 2.45) is 9.98 Å². The first kappa shape index (κ1) is 19.5. The summed E-state index contributed by atoms with van der Waals surface area (Å²) in [7, 11) is 0. The van der Waals surface area contributed by atoms with Gasteiger partial charge in [0, 0.05) is 0 Å². The van der Waals surface area contributed by atoms with Crippen LogP contribution >= 0.6 is 0 Å². The smallest absolute Gasteiger partial charge is 0.277 e. The molecule has 3 aromatic rings. The fraction of sp³-hybridized carbons (Fsp3) is 0.308. The maximum absolute atomic E-state index is 13.9. The van der Waals surface area contributed by atoms with E-state index in [2.05, 4.69) is 33.5 Å². The van der Waals surface area contributed by atoms with Crippen LogP contribution in [0.15, 0.2) is 63.3 Å². The Kier molecular flexibility index (Phi) is 4.04. The number of imidazole rings is 1. The number of aliphatic imine (C=N–C) groups is 1. The average molecular weight is 453 g/mol. The highest BCUT2D eigenvalue weighted by molar-refractivity contribution is 6.14. The Hall–Kier alpha value is -3.94. The zero-order valence-corrected chi connectivity index (χ0v) is 18.7. The molecule has 8 nitrogen and oxygen atoms in total. The number of hydrogen-bond donors (Lipinski definition) is 2. The Bertz CT molecular complexity index is 1580. The zero-order chi connectivity index (χ0) is 22.9. The number of hydrogen-bond acceptors (Lipinski definition) is 5. The predicted molar refractivity (Wildman–Crippen MR) is 126 cm³/mol. The van der Waals surface area contributed by atoms with Crippen molar-refractivity contribution in [3.63, 3.8) is 0 Å². The van der Waals surface area contributed by atoms with Gasteiger partial charge in [0.2, 0.25) is 11.6 Å². The van der Waals surface area contributed by atoms with Crippen LogP contribution in [0.5, 0.6) is 0 Å². The van der Waals surface area contributed by atoms with Crippen molar-refractivity contribution < 1.29 is 4.79 Å². The van der Waals surface area contributed by atoms with Crippen LogP contribution < -0.4 is 21.8 Å². The maximum Gasteiger partial charge on any atom is 0.277 e. The minimum atomic E-state index is -0.924. The van der Waals surface area contributed by atoms with E-state index >= 15 is 0 Å². The summed E-state index contributed by atoms with van der Waals surface area (Å²) in [6.45, 7) is 2.02. The van der Waals surface area contributed by atoms with Gasteiger partial charge in [-0.25, -0.2) is 9.98 Å². The van der Waals surface area contributed by atoms with Crippen molar-refractivity contribution in [2.75, 3.05) is 0 Å². The van der Waals surface area contributed by atoms with E-state index < -0.39 is 5.54 Å². The summed E-state index contributed by atoms with van der Waals surface area (Å²) < 4.78 is 1.70. The van der Waals surface area contributed by atoms with E-state index in [1.807, 2.05) is 30.3 Å². The van der Waals surface area contributed by atoms with E-state index in [9.17, 15) is 9.59 Å². The lowest BCUT2D eigenvalue weighted by molar-refractivity contribution is -0.129. The lowest BCUT2D eigenvalue weighted by Crippen LogP contribution is -2.49. The van der Waals surface area contributed by atoms with Gasteiger partial charge < -0.3 is 10.3 Å². The van der Waals surface area contributed by atoms with Gasteiger partial charge in [-0.15, -0.1) is 0 Å². The van der Waals surface area contributed by atoms with E-state index in [1.54, 1.807) is 9.47 Å². The number of guanidine groups is 1. The summed E-state index contributed by atoms with van der Waals surface area (Å²) in [5, 5.41) is 3.96. The molecular formula is C26H24N6O2. The quantitative estimate of drug-likeness (QED) is 0.531. The van der Waals surface area contributed by atoms with E-state index in [4.69, 9.17) is 4.99 Å². The van der Waals surface area contributed by atoms with Gasteiger partial charge in [0.15, 0.2) is 0 Å². The minimum Gasteiger partial charge on any atom is -0.338 e. The average Bonchev–Trinajstić information content (AvgIpc) is 3.38. The molecule has 1 aromatic heterocycles. The van der Waals surface area contributed by atoms with Crippen LogP contribution in [-0.2, 0) is 31.0 Å². The van der Waals surface area contributed by atoms with E-state index in [0.717, 1.165) is 34.2 Å². The fourth-order valence-electron chi connectivity index (χ4n) is 5.85. The molecule has 4 aliphatic rings. The molecule has 1 saturated heterocycles. The van der Waals surface area contributed by atoms with Crippen LogP contribution in [0, 0.1) is 0 Å². The van der Waals surface area contributed by atoms with Crippen LogP contribution in [0.25, 0.3) is 5.57 Å². The summed E-state index contributed by atoms with van der Waals surface area (Å²) in [5.41, 5.74) is 4.83. The number of amides is 1. The first-order valence-corrected chi connectivity index (χ1v) is 11.8. The molecule has 8 heteroatoms. The number of nitrogens with zero attached hydrogens (tertiary/aromatic N) is 4. The van der Waals surface area contributed by atoms with Gasteiger partial charge >= 0.3 is 0 Å². The topological polar surface area (TPSA) is 94.9 Å². The van der Waals surface area contributed by atoms with Crippen LogP contribution in [-0.4, -0.2) is 31.9 Å². The predicted octanol–water partition coefficient (Wildman–Crippen LogP) is 0.933. The Morgan fingerprint density at radius 3 is 2.29 bits per heavy atom. The number of rotatable bonds is 0. The summed E-state index contributed by atoms with van der Waals surface area (Å²) in [5.74, 6) is 0.583. The SMILES string of the molecule is O=C1N2Cc3ccccc3CN=C2NC12CCC/C2=c1\[nH]c2n(c1=O)Cc1ccccc1CN=2. The third kappa shape index (κ3) is 2.65. The van der Waals surface area contributed by atoms with Gasteiger partial charge in [-0.1, -0.05) is 48.5 Å². The summed E-state index contributed by atoms with van der Waals surface area (Å²) in [6, 6.07) is 16.2. The van der Waals surface area contributed by atoms with Gasteiger partial charge in [-0.3, -0.25) is 19.1 Å². The van der Waals surface area contributed by atoms with Crippen LogP contribution in [0.3, 0.4) is 0 Å². The molecule has 7 rings (SSSR count). The molecular weight excluding hydrogens is 428 g/mol. The van der Waals surface area contributed by atoms with E-state index in [1.165, 1.54) is 0 Å². The summed E-state index contributed by atoms with van der Waals surface area (Å²) in [4.78, 5) is 42.0. The molecule has 0 bridgehead atoms. The Morgan fingerprint density at radius 1 is 0.853 bits per heavy atom. The fourth-order valence-corrected chi connectivity index (χ4v) is 5.85. The molecule has 2 N–H and O–H groups in total. The highest BCUT2D eigenvalue weighted by atomic mass is 16.2. The molecule has 1 aliphatic carbocycles. The molecule has 1 saturated carbocycles. The van der Waals surface area contributed by atoms with Crippen LogP contribution in [0.2, 0.25) is 0 Å². The number of aromatic nitrogens is 2. The van der Waals surface area contributed by atoms with Gasteiger partial charge in [-0.2, -0.15) is 0 Å². The number of H-pyrrole nitrogens is 1. The Balaban J connectivity index is 1.36. The lowest BCUT2D eigenvalue weighted by atomic mass is 9.92. The number of aromatic amines is 1. The lowest BCUT2D eigenvalue weighted by Gasteiger charge is -2.23. The van der Waals surface area contributed by atoms with E-state index in [0.29, 0.717) is 55.9 Å². The Labute approximate surface area is 195 Å². The Morgan fingerprint density at radius 2 is 1.53 bits per heavy atom. The van der Waals surface area contributed by atoms with Gasteiger partial charge in [0.05, 0.1) is 26.2 Å². The molecule has 170 valence electrons. The maximum atomic E-state index is 13.9. The van der Waals surface area contributed by atoms with Crippen molar-refractivity contribution in [3.8, 4) is 0 Å². The highest BCUT2D eigenvalue weighted by Crippen LogP contribution is 2.41. The zero-order valence-electron chi connectivity index (χ0n) is 18.7. The molecule has 2 fully saturated rings. The van der Waals surface area contributed by atoms with Crippen molar-refractivity contribution in [3.05, 3.63) is 92.1 Å². The minimum absolute atomic E-state index is 0.0214. The van der Waals surface area contributed by atoms with Crippen molar-refractivity contribution in [2.45, 2.75) is 51.0 Å². The molecule has 1 atom stereocenters. The standard InChI is InChI=1S/C26H24N6O2/c33-22-21(29-24-27-12-16-6-1-3-8-18(16)14-31(22)24)20-10-5-11-26(20)23(34)32-15-19-9-4-2-7-17(19)13-28-25(32)30-26/h1-4,6-9H,5,10-15H2,(H,27,29)(H,28,30)/b21-20+. The largest absolute Gasteiger partial charge is 0.338 e. The monoisotopic (exact) mass is 452 g/mol. The van der Waals surface area contributed by atoms with Gasteiger partial charge in [-0.05, 0) is 47.1 Å². The van der Waals surface area contributed by atoms with Crippen molar-refractivity contribution in [1.82, 2.24) is 19.8 Å². The molecule has 3 aliphatic heterocycles. The second kappa shape index (κ2) is 7.03. The second-order valence-corrected chi connectivity index (χ2v) is 9.46. The molecule has 2 aromatic carbocycles. The summed E-state index contributed by atoms with van der Waals surface area (Å²) in [6.07, 6.45) is 2.16. The van der Waals surface area contributed by atoms with E-state index in [-0.39, 0.29) is 11.5 Å². The molecule has 1 amide bonds. The van der Waals surface area contributed by atoms with Crippen LogP contribution in [0.1, 0.15) is 41.5 Å². The normalized spacial score (nSPS) is 24.3. The number of carbonyl (C=O) groups is 1. The summed E-state index contributed by atoms with van der Waals surface area (Å²) >= 11 is 0. The van der Waals surface area contributed by atoms with Crippen LogP contribution in [0.4, 0.5) is 0 Å². The molecule has 1 unspecified atom stereocenters. The molecule has 1 spiro atoms. The third-order valence-electron chi connectivity index (χ3n) is 7.63. The van der Waals surface area contributed by atoms with Crippen molar-refractivity contribution >= 4 is 17.4 Å². The number of benzene rings is 2. The first-order chi connectivity index (χ1) is 16.6. The first-order valence-electron chi connectivity index (χ1n) is 11.8. The molecule has 4 heterocycles. The highest BCUT2D eigenvalue weighted by Gasteiger charge is 2.55. The molecule has 0 radical (unpaired) electrons. The number of fused-ring (bicyclic) bond motifs is 4. The van der Waals surface area contributed by atoms with Gasteiger partial charge in [0.25, 0.3) is 11.5 Å².